The number of rotatable bonds is 5. The molecule has 1 N–H and O–H groups in total. The molecule has 1 unspecified atom stereocenters. The molecule has 4 aliphatic carbocycles. The molecule has 4 heteroatoms. The van der Waals surface area contributed by atoms with E-state index in [-0.39, 0.29) is 29.1 Å². The average Bonchev–Trinajstić information content (AvgIpc) is 3.02. The van der Waals surface area contributed by atoms with Gasteiger partial charge in [-0.15, -0.1) is 0 Å². The van der Waals surface area contributed by atoms with Gasteiger partial charge in [0.05, 0.1) is 12.5 Å². The van der Waals surface area contributed by atoms with E-state index in [2.05, 4.69) is 19.9 Å². The summed E-state index contributed by atoms with van der Waals surface area (Å²) in [6.07, 6.45) is 12.6. The fourth-order valence-corrected chi connectivity index (χ4v) is 8.12. The first kappa shape index (κ1) is 20.9. The van der Waals surface area contributed by atoms with E-state index in [4.69, 9.17) is 4.74 Å². The van der Waals surface area contributed by atoms with E-state index >= 15 is 0 Å². The van der Waals surface area contributed by atoms with Crippen molar-refractivity contribution in [3.8, 4) is 0 Å². The maximum Gasteiger partial charge on any atom is 0.309 e. The SMILES string of the molecule is CCOC(=O)C1CC2=CCCC[C@]2(C)[C@H]2CC[C@]3(C)[C@@H](CCC(=O)O)CC[C@H]3[C@H]12. The van der Waals surface area contributed by atoms with Crippen molar-refractivity contribution in [3.05, 3.63) is 11.6 Å². The molecule has 0 amide bonds. The number of ether oxygens (including phenoxy) is 1. The van der Waals surface area contributed by atoms with Gasteiger partial charge in [-0.2, -0.15) is 0 Å². The lowest BCUT2D eigenvalue weighted by Gasteiger charge is -2.60. The topological polar surface area (TPSA) is 63.6 Å². The first-order chi connectivity index (χ1) is 13.8. The van der Waals surface area contributed by atoms with E-state index in [1.54, 1.807) is 0 Å². The average molecular weight is 403 g/mol. The smallest absolute Gasteiger partial charge is 0.309 e. The maximum absolute atomic E-state index is 13.1. The van der Waals surface area contributed by atoms with Gasteiger partial charge in [-0.05, 0) is 99.2 Å². The molecule has 0 spiro atoms. The van der Waals surface area contributed by atoms with Crippen LogP contribution < -0.4 is 0 Å². The van der Waals surface area contributed by atoms with Crippen molar-refractivity contribution in [1.82, 2.24) is 0 Å². The second-order valence-corrected chi connectivity index (χ2v) is 10.6. The Balaban J connectivity index is 1.67. The summed E-state index contributed by atoms with van der Waals surface area (Å²) in [4.78, 5) is 24.3. The Morgan fingerprint density at radius 1 is 1.17 bits per heavy atom. The summed E-state index contributed by atoms with van der Waals surface area (Å²) in [6.45, 7) is 7.23. The first-order valence-corrected chi connectivity index (χ1v) is 11.9. The Hall–Kier alpha value is -1.32. The predicted octanol–water partition coefficient (Wildman–Crippen LogP) is 5.61. The van der Waals surface area contributed by atoms with Crippen LogP contribution in [-0.4, -0.2) is 23.7 Å². The Bertz CT molecular complexity index is 697. The van der Waals surface area contributed by atoms with E-state index in [9.17, 15) is 14.7 Å². The molecule has 162 valence electrons. The van der Waals surface area contributed by atoms with Crippen molar-refractivity contribution in [2.75, 3.05) is 6.61 Å². The number of aliphatic carboxylic acids is 1. The summed E-state index contributed by atoms with van der Waals surface area (Å²) in [5, 5.41) is 9.21. The normalized spacial score (nSPS) is 43.6. The number of hydrogen-bond donors (Lipinski definition) is 1. The van der Waals surface area contributed by atoms with E-state index in [0.717, 1.165) is 32.1 Å². The largest absolute Gasteiger partial charge is 0.481 e. The number of carbonyl (C=O) groups excluding carboxylic acids is 1. The van der Waals surface area contributed by atoms with Crippen LogP contribution in [0, 0.1) is 40.4 Å². The number of hydrogen-bond acceptors (Lipinski definition) is 3. The molecule has 29 heavy (non-hydrogen) atoms. The van der Waals surface area contributed by atoms with Crippen LogP contribution in [0.2, 0.25) is 0 Å². The Labute approximate surface area is 175 Å². The summed E-state index contributed by atoms with van der Waals surface area (Å²) < 4.78 is 5.59. The number of esters is 1. The summed E-state index contributed by atoms with van der Waals surface area (Å²) in [5.41, 5.74) is 1.94. The molecule has 0 aliphatic heterocycles. The molecule has 0 aromatic carbocycles. The highest BCUT2D eigenvalue weighted by molar-refractivity contribution is 5.74. The molecule has 4 rings (SSSR count). The number of fused-ring (bicyclic) bond motifs is 5. The standard InChI is InChI=1S/C25H38O4/c1-4-29-23(28)18-15-17-7-5-6-13-24(17,2)20-12-14-25(3)16(9-11-21(26)27)8-10-19(25)22(18)20/h7,16,18-20,22H,4-6,8-15H2,1-3H3,(H,26,27)/t16-,18?,19+,20+,22+,24+,25-/m1/s1. The Kier molecular flexibility index (Phi) is 5.59. The van der Waals surface area contributed by atoms with E-state index in [1.807, 2.05) is 6.92 Å². The zero-order valence-electron chi connectivity index (χ0n) is 18.4. The van der Waals surface area contributed by atoms with Gasteiger partial charge in [0, 0.05) is 6.42 Å². The summed E-state index contributed by atoms with van der Waals surface area (Å²) >= 11 is 0. The summed E-state index contributed by atoms with van der Waals surface area (Å²) in [6, 6.07) is 0. The van der Waals surface area contributed by atoms with Crippen molar-refractivity contribution < 1.29 is 19.4 Å². The van der Waals surface area contributed by atoms with Crippen molar-refractivity contribution in [3.63, 3.8) is 0 Å². The molecule has 3 saturated carbocycles. The number of allylic oxidation sites excluding steroid dienone is 2. The predicted molar refractivity (Wildman–Crippen MR) is 112 cm³/mol. The van der Waals surface area contributed by atoms with Gasteiger partial charge in [-0.1, -0.05) is 25.5 Å². The molecular weight excluding hydrogens is 364 g/mol. The quantitative estimate of drug-likeness (QED) is 0.479. The van der Waals surface area contributed by atoms with Crippen molar-refractivity contribution in [2.45, 2.75) is 85.0 Å². The van der Waals surface area contributed by atoms with Gasteiger partial charge < -0.3 is 9.84 Å². The van der Waals surface area contributed by atoms with Crippen LogP contribution in [0.3, 0.4) is 0 Å². The minimum atomic E-state index is -0.683. The van der Waals surface area contributed by atoms with E-state index in [1.165, 1.54) is 31.3 Å². The molecule has 7 atom stereocenters. The minimum Gasteiger partial charge on any atom is -0.481 e. The van der Waals surface area contributed by atoms with Crippen molar-refractivity contribution >= 4 is 11.9 Å². The minimum absolute atomic E-state index is 0.00857. The maximum atomic E-state index is 13.1. The zero-order chi connectivity index (χ0) is 20.8. The first-order valence-electron chi connectivity index (χ1n) is 11.9. The molecule has 0 saturated heterocycles. The molecular formula is C25H38O4. The zero-order valence-corrected chi connectivity index (χ0v) is 18.4. The lowest BCUT2D eigenvalue weighted by atomic mass is 9.44. The van der Waals surface area contributed by atoms with Crippen LogP contribution in [0.1, 0.15) is 85.0 Å². The van der Waals surface area contributed by atoms with Crippen LogP contribution >= 0.6 is 0 Å². The number of carboxylic acids is 1. The fourth-order valence-electron chi connectivity index (χ4n) is 8.12. The second-order valence-electron chi connectivity index (χ2n) is 10.6. The molecule has 3 fully saturated rings. The molecule has 0 radical (unpaired) electrons. The number of carbonyl (C=O) groups is 2. The molecule has 0 bridgehead atoms. The summed E-state index contributed by atoms with van der Waals surface area (Å²) in [5.74, 6) is 1.27. The van der Waals surface area contributed by atoms with Gasteiger partial charge in [-0.25, -0.2) is 0 Å². The van der Waals surface area contributed by atoms with Gasteiger partial charge >= 0.3 is 11.9 Å². The highest BCUT2D eigenvalue weighted by atomic mass is 16.5. The Morgan fingerprint density at radius 3 is 2.69 bits per heavy atom. The Morgan fingerprint density at radius 2 is 1.97 bits per heavy atom. The second kappa shape index (κ2) is 7.74. The van der Waals surface area contributed by atoms with Crippen LogP contribution in [0.15, 0.2) is 11.6 Å². The van der Waals surface area contributed by atoms with Crippen LogP contribution in [-0.2, 0) is 14.3 Å². The third-order valence-electron chi connectivity index (χ3n) is 9.57. The summed E-state index contributed by atoms with van der Waals surface area (Å²) in [7, 11) is 0. The highest BCUT2D eigenvalue weighted by Crippen LogP contribution is 2.68. The van der Waals surface area contributed by atoms with Gasteiger partial charge in [0.2, 0.25) is 0 Å². The lowest BCUT2D eigenvalue weighted by Crippen LogP contribution is -2.55. The van der Waals surface area contributed by atoms with Crippen LogP contribution in [0.25, 0.3) is 0 Å². The van der Waals surface area contributed by atoms with E-state index < -0.39 is 5.97 Å². The van der Waals surface area contributed by atoms with Gasteiger partial charge in [-0.3, -0.25) is 9.59 Å². The third-order valence-corrected chi connectivity index (χ3v) is 9.57. The highest BCUT2D eigenvalue weighted by Gasteiger charge is 2.62. The molecule has 0 aromatic rings. The lowest BCUT2D eigenvalue weighted by molar-refractivity contribution is -0.160. The van der Waals surface area contributed by atoms with Crippen molar-refractivity contribution in [2.24, 2.45) is 40.4 Å². The van der Waals surface area contributed by atoms with Crippen LogP contribution in [0.4, 0.5) is 0 Å². The van der Waals surface area contributed by atoms with Crippen molar-refractivity contribution in [1.29, 1.82) is 0 Å². The molecule has 4 nitrogen and oxygen atoms in total. The van der Waals surface area contributed by atoms with Gasteiger partial charge in [0.25, 0.3) is 0 Å². The fraction of sp³-hybridized carbons (Fsp3) is 0.840. The molecule has 0 aromatic heterocycles. The van der Waals surface area contributed by atoms with Gasteiger partial charge in [0.15, 0.2) is 0 Å². The third kappa shape index (κ3) is 3.35. The monoisotopic (exact) mass is 402 g/mol. The number of carboxylic acid groups (broad SMARTS) is 1. The molecule has 0 heterocycles. The van der Waals surface area contributed by atoms with E-state index in [0.29, 0.717) is 30.3 Å². The van der Waals surface area contributed by atoms with Gasteiger partial charge in [0.1, 0.15) is 0 Å². The molecule has 4 aliphatic rings. The van der Waals surface area contributed by atoms with Crippen LogP contribution in [0.5, 0.6) is 0 Å².